The van der Waals surface area contributed by atoms with Crippen molar-refractivity contribution < 1.29 is 14.3 Å². The van der Waals surface area contributed by atoms with Crippen LogP contribution in [0.5, 0.6) is 0 Å². The minimum absolute atomic E-state index is 0.132. The molecule has 35 heavy (non-hydrogen) atoms. The van der Waals surface area contributed by atoms with Crippen LogP contribution >= 0.6 is 11.3 Å². The largest absolute Gasteiger partial charge is 0.462 e. The lowest BCUT2D eigenvalue weighted by Crippen LogP contribution is -2.48. The molecule has 1 aliphatic heterocycles. The summed E-state index contributed by atoms with van der Waals surface area (Å²) in [6, 6.07) is 12.2. The minimum Gasteiger partial charge on any atom is -0.462 e. The van der Waals surface area contributed by atoms with Crippen molar-refractivity contribution in [3.05, 3.63) is 64.2 Å². The summed E-state index contributed by atoms with van der Waals surface area (Å²) >= 11 is 1.27. The maximum atomic E-state index is 13.0. The zero-order valence-corrected chi connectivity index (χ0v) is 21.4. The summed E-state index contributed by atoms with van der Waals surface area (Å²) in [6.07, 6.45) is 4.33. The Morgan fingerprint density at radius 3 is 2.54 bits per heavy atom. The van der Waals surface area contributed by atoms with Crippen molar-refractivity contribution in [1.82, 2.24) is 14.8 Å². The van der Waals surface area contributed by atoms with E-state index in [-0.39, 0.29) is 19.1 Å². The van der Waals surface area contributed by atoms with E-state index in [0.717, 1.165) is 54.2 Å². The second kappa shape index (κ2) is 11.6. The first-order chi connectivity index (χ1) is 16.9. The van der Waals surface area contributed by atoms with Crippen LogP contribution in [0.25, 0.3) is 16.3 Å². The number of pyridine rings is 1. The molecule has 1 aromatic carbocycles. The molecule has 0 aliphatic carbocycles. The number of aromatic nitrogens is 1. The van der Waals surface area contributed by atoms with Gasteiger partial charge in [0.25, 0.3) is 0 Å². The number of fused-ring (bicyclic) bond motifs is 1. The van der Waals surface area contributed by atoms with Crippen LogP contribution in [0.2, 0.25) is 0 Å². The minimum atomic E-state index is -0.431. The molecule has 0 spiro atoms. The number of esters is 1. The average molecular weight is 493 g/mol. The fourth-order valence-corrected chi connectivity index (χ4v) is 5.46. The SMILES string of the molecule is CCOC(=O)c1sc2nc(C)cc(C)c2c1NC(=O)CN1CCN(CC=Cc2ccccc2)CC1. The molecule has 0 unspecified atom stereocenters. The zero-order valence-electron chi connectivity index (χ0n) is 20.5. The van der Waals surface area contributed by atoms with E-state index in [4.69, 9.17) is 4.74 Å². The summed E-state index contributed by atoms with van der Waals surface area (Å²) < 4.78 is 5.24. The van der Waals surface area contributed by atoms with Crippen molar-refractivity contribution in [1.29, 1.82) is 0 Å². The van der Waals surface area contributed by atoms with Crippen molar-refractivity contribution in [2.24, 2.45) is 0 Å². The molecule has 1 saturated heterocycles. The second-order valence-corrected chi connectivity index (χ2v) is 9.72. The number of thiophene rings is 1. The zero-order chi connectivity index (χ0) is 24.8. The Balaban J connectivity index is 1.36. The van der Waals surface area contributed by atoms with Gasteiger partial charge in [0.05, 0.1) is 18.8 Å². The number of carbonyl (C=O) groups is 2. The van der Waals surface area contributed by atoms with Gasteiger partial charge in [0.15, 0.2) is 0 Å². The molecule has 0 bridgehead atoms. The molecule has 1 fully saturated rings. The van der Waals surface area contributed by atoms with Crippen LogP contribution in [0.15, 0.2) is 42.5 Å². The van der Waals surface area contributed by atoms with Crippen molar-refractivity contribution in [2.75, 3.05) is 51.2 Å². The molecule has 3 heterocycles. The predicted octanol–water partition coefficient (Wildman–Crippen LogP) is 4.36. The van der Waals surface area contributed by atoms with Crippen LogP contribution in [-0.4, -0.2) is 72.5 Å². The van der Waals surface area contributed by atoms with Gasteiger partial charge in [0.2, 0.25) is 5.91 Å². The van der Waals surface area contributed by atoms with Gasteiger partial charge in [-0.15, -0.1) is 11.3 Å². The Morgan fingerprint density at radius 1 is 1.11 bits per heavy atom. The number of hydrogen-bond acceptors (Lipinski definition) is 7. The molecule has 7 nitrogen and oxygen atoms in total. The summed E-state index contributed by atoms with van der Waals surface area (Å²) in [7, 11) is 0. The molecule has 0 radical (unpaired) electrons. The number of anilines is 1. The van der Waals surface area contributed by atoms with Crippen molar-refractivity contribution in [3.63, 3.8) is 0 Å². The standard InChI is InChI=1S/C27H32N4O3S/c1-4-34-27(33)25-24(23-19(2)17-20(3)28-26(23)35-25)29-22(32)18-31-15-13-30(14-16-31)12-8-11-21-9-6-5-7-10-21/h5-11,17H,4,12-16,18H2,1-3H3,(H,29,32). The third kappa shape index (κ3) is 6.33. The van der Waals surface area contributed by atoms with Gasteiger partial charge >= 0.3 is 5.97 Å². The quantitative estimate of drug-likeness (QED) is 0.471. The van der Waals surface area contributed by atoms with Gasteiger partial charge in [-0.3, -0.25) is 14.6 Å². The Bertz CT molecular complexity index is 1210. The summed E-state index contributed by atoms with van der Waals surface area (Å²) in [4.78, 5) is 35.8. The molecular formula is C27H32N4O3S. The second-order valence-electron chi connectivity index (χ2n) is 8.73. The van der Waals surface area contributed by atoms with Crippen molar-refractivity contribution in [2.45, 2.75) is 20.8 Å². The number of benzene rings is 1. The first-order valence-electron chi connectivity index (χ1n) is 12.0. The van der Waals surface area contributed by atoms with Crippen LogP contribution in [0.1, 0.15) is 33.4 Å². The molecule has 3 aromatic rings. The Hall–Kier alpha value is -3.07. The molecule has 0 atom stereocenters. The molecule has 2 aromatic heterocycles. The predicted molar refractivity (Wildman–Crippen MR) is 142 cm³/mol. The Morgan fingerprint density at radius 2 is 1.83 bits per heavy atom. The number of rotatable bonds is 8. The summed E-state index contributed by atoms with van der Waals surface area (Å²) in [5.74, 6) is -0.562. The highest BCUT2D eigenvalue weighted by molar-refractivity contribution is 7.21. The lowest BCUT2D eigenvalue weighted by Gasteiger charge is -2.33. The topological polar surface area (TPSA) is 74.8 Å². The van der Waals surface area contributed by atoms with E-state index in [2.05, 4.69) is 44.4 Å². The molecule has 0 saturated carbocycles. The summed E-state index contributed by atoms with van der Waals surface area (Å²) in [6.45, 7) is 10.6. The van der Waals surface area contributed by atoms with Gasteiger partial charge in [-0.25, -0.2) is 9.78 Å². The first-order valence-corrected chi connectivity index (χ1v) is 12.8. The number of nitrogens with one attached hydrogen (secondary N) is 1. The van der Waals surface area contributed by atoms with E-state index in [0.29, 0.717) is 10.6 Å². The summed E-state index contributed by atoms with van der Waals surface area (Å²) in [5, 5.41) is 3.82. The van der Waals surface area contributed by atoms with Gasteiger partial charge < -0.3 is 10.1 Å². The van der Waals surface area contributed by atoms with Gasteiger partial charge in [0.1, 0.15) is 9.71 Å². The number of amides is 1. The maximum absolute atomic E-state index is 13.0. The number of piperazine rings is 1. The van der Waals surface area contributed by atoms with E-state index in [1.807, 2.05) is 38.1 Å². The van der Waals surface area contributed by atoms with E-state index < -0.39 is 5.97 Å². The summed E-state index contributed by atoms with van der Waals surface area (Å²) in [5.41, 5.74) is 3.57. The highest BCUT2D eigenvalue weighted by Gasteiger charge is 2.25. The number of hydrogen-bond donors (Lipinski definition) is 1. The Labute approximate surface area is 210 Å². The van der Waals surface area contributed by atoms with E-state index in [1.54, 1.807) is 6.92 Å². The fourth-order valence-electron chi connectivity index (χ4n) is 4.32. The van der Waals surface area contributed by atoms with E-state index in [9.17, 15) is 9.59 Å². The highest BCUT2D eigenvalue weighted by atomic mass is 32.1. The first kappa shape index (κ1) is 25.0. The monoisotopic (exact) mass is 492 g/mol. The van der Waals surface area contributed by atoms with Gasteiger partial charge in [-0.05, 0) is 38.0 Å². The van der Waals surface area contributed by atoms with Crippen molar-refractivity contribution >= 4 is 45.2 Å². The highest BCUT2D eigenvalue weighted by Crippen LogP contribution is 2.37. The molecule has 184 valence electrons. The normalized spacial score (nSPS) is 15.1. The number of ether oxygens (including phenoxy) is 1. The molecule has 1 amide bonds. The fraction of sp³-hybridized carbons (Fsp3) is 0.370. The lowest BCUT2D eigenvalue weighted by molar-refractivity contribution is -0.117. The molecule has 1 aliphatic rings. The van der Waals surface area contributed by atoms with E-state index >= 15 is 0 Å². The third-order valence-corrected chi connectivity index (χ3v) is 7.08. The lowest BCUT2D eigenvalue weighted by atomic mass is 10.1. The molecular weight excluding hydrogens is 460 g/mol. The maximum Gasteiger partial charge on any atom is 0.350 e. The van der Waals surface area contributed by atoms with Crippen LogP contribution in [-0.2, 0) is 9.53 Å². The van der Waals surface area contributed by atoms with Crippen molar-refractivity contribution in [3.8, 4) is 0 Å². The molecule has 1 N–H and O–H groups in total. The smallest absolute Gasteiger partial charge is 0.350 e. The van der Waals surface area contributed by atoms with Gasteiger partial charge in [-0.1, -0.05) is 42.5 Å². The average Bonchev–Trinajstić information content (AvgIpc) is 3.19. The molecule has 8 heteroatoms. The van der Waals surface area contributed by atoms with Crippen LogP contribution < -0.4 is 5.32 Å². The number of carbonyl (C=O) groups excluding carboxylic acids is 2. The van der Waals surface area contributed by atoms with Crippen LogP contribution in [0.3, 0.4) is 0 Å². The molecule has 4 rings (SSSR count). The van der Waals surface area contributed by atoms with E-state index in [1.165, 1.54) is 16.9 Å². The number of aryl methyl sites for hydroxylation is 2. The van der Waals surface area contributed by atoms with Gasteiger partial charge in [-0.2, -0.15) is 0 Å². The Kier molecular flexibility index (Phi) is 8.28. The number of nitrogens with zero attached hydrogens (tertiary/aromatic N) is 3. The third-order valence-electron chi connectivity index (χ3n) is 6.02. The van der Waals surface area contributed by atoms with Crippen LogP contribution in [0.4, 0.5) is 5.69 Å². The van der Waals surface area contributed by atoms with Gasteiger partial charge in [0, 0.05) is 43.8 Å². The van der Waals surface area contributed by atoms with Crippen LogP contribution in [0, 0.1) is 13.8 Å².